The predicted octanol–water partition coefficient (Wildman–Crippen LogP) is 2.87. The highest BCUT2D eigenvalue weighted by Gasteiger charge is 2.36. The number of benzene rings is 2. The van der Waals surface area contributed by atoms with E-state index in [0.29, 0.717) is 24.1 Å². The van der Waals surface area contributed by atoms with E-state index in [1.807, 2.05) is 38.1 Å². The van der Waals surface area contributed by atoms with Crippen LogP contribution < -0.4 is 20.1 Å². The summed E-state index contributed by atoms with van der Waals surface area (Å²) < 4.78 is 10.6. The monoisotopic (exact) mass is 467 g/mol. The first-order valence-electron chi connectivity index (χ1n) is 11.0. The van der Waals surface area contributed by atoms with E-state index >= 15 is 0 Å². The van der Waals surface area contributed by atoms with E-state index < -0.39 is 24.0 Å². The first-order chi connectivity index (χ1) is 16.2. The molecule has 2 aromatic carbocycles. The molecule has 0 radical (unpaired) electrons. The lowest BCUT2D eigenvalue weighted by atomic mass is 9.88. The Morgan fingerprint density at radius 1 is 1.26 bits per heavy atom. The highest BCUT2D eigenvalue weighted by molar-refractivity contribution is 5.97. The predicted molar refractivity (Wildman–Crippen MR) is 126 cm³/mol. The number of nitrogens with one attached hydrogen (secondary N) is 2. The quantitative estimate of drug-likeness (QED) is 0.448. The Balaban J connectivity index is 1.41. The standard InChI is InChI=1S/C24H29N5O5/c1-23(2,11-12-24(26-14-27-29-24)15-7-9-16(33-3)10-8-15)25-13-19(30)17-5-4-6-18-20(17)34-22(32)21(31)28-18/h4-10,14,19,22,25,30,32H,11-13H2,1-3H3,(H,28,31)/t19?,22-,24?/m0/s1. The Bertz CT molecular complexity index is 1090. The number of aliphatic hydroxyl groups excluding tert-OH is 2. The van der Waals surface area contributed by atoms with Gasteiger partial charge in [0.15, 0.2) is 11.4 Å². The Morgan fingerprint density at radius 2 is 2.03 bits per heavy atom. The zero-order valence-corrected chi connectivity index (χ0v) is 19.4. The molecule has 4 N–H and O–H groups in total. The van der Waals surface area contributed by atoms with Crippen molar-refractivity contribution < 1.29 is 24.5 Å². The molecule has 0 saturated heterocycles. The van der Waals surface area contributed by atoms with Crippen LogP contribution in [0.15, 0.2) is 57.7 Å². The van der Waals surface area contributed by atoms with Crippen molar-refractivity contribution in [3.63, 3.8) is 0 Å². The van der Waals surface area contributed by atoms with Gasteiger partial charge in [0.25, 0.3) is 12.2 Å². The van der Waals surface area contributed by atoms with E-state index in [9.17, 15) is 15.0 Å². The van der Waals surface area contributed by atoms with Crippen molar-refractivity contribution in [3.8, 4) is 11.5 Å². The Labute approximate surface area is 197 Å². The van der Waals surface area contributed by atoms with Crippen molar-refractivity contribution in [2.75, 3.05) is 19.0 Å². The van der Waals surface area contributed by atoms with Crippen LogP contribution in [0.2, 0.25) is 0 Å². The molecule has 0 aromatic heterocycles. The maximum absolute atomic E-state index is 11.6. The largest absolute Gasteiger partial charge is 0.497 e. The van der Waals surface area contributed by atoms with E-state index in [1.54, 1.807) is 25.3 Å². The third-order valence-corrected chi connectivity index (χ3v) is 6.09. The number of hydrogen-bond donors (Lipinski definition) is 4. The van der Waals surface area contributed by atoms with Gasteiger partial charge in [0.2, 0.25) is 0 Å². The number of para-hydroxylation sites is 1. The number of aliphatic hydroxyl groups is 2. The number of fused-ring (bicyclic) bond motifs is 1. The lowest BCUT2D eigenvalue weighted by molar-refractivity contribution is -0.139. The minimum absolute atomic E-state index is 0.233. The van der Waals surface area contributed by atoms with Crippen LogP contribution in [0.25, 0.3) is 0 Å². The molecule has 3 atom stereocenters. The molecule has 180 valence electrons. The van der Waals surface area contributed by atoms with E-state index in [2.05, 4.69) is 25.9 Å². The molecule has 2 aliphatic heterocycles. The van der Waals surface area contributed by atoms with Crippen LogP contribution in [0.1, 0.15) is 43.9 Å². The Morgan fingerprint density at radius 3 is 2.71 bits per heavy atom. The molecule has 0 spiro atoms. The third-order valence-electron chi connectivity index (χ3n) is 6.09. The van der Waals surface area contributed by atoms with Gasteiger partial charge in [-0.05, 0) is 38.5 Å². The van der Waals surface area contributed by atoms with Gasteiger partial charge in [-0.25, -0.2) is 4.99 Å². The number of rotatable bonds is 9. The average molecular weight is 468 g/mol. The molecule has 0 saturated carbocycles. The van der Waals surface area contributed by atoms with Crippen LogP contribution >= 0.6 is 0 Å². The van der Waals surface area contributed by atoms with Gasteiger partial charge in [0.1, 0.15) is 12.1 Å². The van der Waals surface area contributed by atoms with Crippen molar-refractivity contribution >= 4 is 17.9 Å². The highest BCUT2D eigenvalue weighted by Crippen LogP contribution is 2.39. The fourth-order valence-corrected chi connectivity index (χ4v) is 3.98. The van der Waals surface area contributed by atoms with Gasteiger partial charge in [-0.3, -0.25) is 4.79 Å². The molecule has 1 amide bonds. The molecule has 0 aliphatic carbocycles. The summed E-state index contributed by atoms with van der Waals surface area (Å²) in [5.41, 5.74) is 0.665. The fourth-order valence-electron chi connectivity index (χ4n) is 3.98. The van der Waals surface area contributed by atoms with Crippen LogP contribution in [-0.4, -0.2) is 47.9 Å². The smallest absolute Gasteiger partial charge is 0.293 e. The topological polar surface area (TPSA) is 137 Å². The van der Waals surface area contributed by atoms with Crippen molar-refractivity contribution in [1.29, 1.82) is 0 Å². The number of azo groups is 1. The molecule has 2 aromatic rings. The van der Waals surface area contributed by atoms with Gasteiger partial charge < -0.3 is 30.3 Å². The van der Waals surface area contributed by atoms with Gasteiger partial charge in [-0.1, -0.05) is 24.3 Å². The maximum Gasteiger partial charge on any atom is 0.293 e. The van der Waals surface area contributed by atoms with Gasteiger partial charge in [-0.2, -0.15) is 5.11 Å². The molecule has 2 heterocycles. The second kappa shape index (κ2) is 9.49. The molecule has 0 bridgehead atoms. The summed E-state index contributed by atoms with van der Waals surface area (Å²) in [4.78, 5) is 16.2. The Hall–Kier alpha value is -3.34. The second-order valence-electron chi connectivity index (χ2n) is 8.97. The number of nitrogens with zero attached hydrogens (tertiary/aromatic N) is 3. The zero-order valence-electron chi connectivity index (χ0n) is 19.4. The third kappa shape index (κ3) is 4.93. The molecule has 10 heteroatoms. The summed E-state index contributed by atoms with van der Waals surface area (Å²) in [6.45, 7) is 4.31. The van der Waals surface area contributed by atoms with E-state index in [0.717, 1.165) is 11.3 Å². The van der Waals surface area contributed by atoms with E-state index in [-0.39, 0.29) is 17.8 Å². The number of hydrogen-bond acceptors (Lipinski definition) is 9. The molecule has 10 nitrogen and oxygen atoms in total. The summed E-state index contributed by atoms with van der Waals surface area (Å²) >= 11 is 0. The highest BCUT2D eigenvalue weighted by atomic mass is 16.6. The van der Waals surface area contributed by atoms with Crippen molar-refractivity contribution in [2.24, 2.45) is 15.2 Å². The summed E-state index contributed by atoms with van der Waals surface area (Å²) in [6, 6.07) is 12.7. The molecule has 0 fully saturated rings. The van der Waals surface area contributed by atoms with Gasteiger partial charge in [-0.15, -0.1) is 5.11 Å². The van der Waals surface area contributed by atoms with Crippen LogP contribution in [0.3, 0.4) is 0 Å². The molecule has 2 unspecified atom stereocenters. The summed E-state index contributed by atoms with van der Waals surface area (Å²) in [6.07, 6.45) is 0.245. The SMILES string of the molecule is COc1ccc(C2(CCC(C)(C)NCC(O)c3cccc4c3O[C@H](O)C(=O)N4)N=CN=N2)cc1. The fraction of sp³-hybridized carbons (Fsp3) is 0.417. The molecule has 4 rings (SSSR count). The van der Waals surface area contributed by atoms with Crippen LogP contribution in [0.4, 0.5) is 5.69 Å². The summed E-state index contributed by atoms with van der Waals surface area (Å²) in [7, 11) is 1.62. The van der Waals surface area contributed by atoms with Gasteiger partial charge in [0.05, 0.1) is 18.9 Å². The number of carbonyl (C=O) groups excluding carboxylic acids is 1. The summed E-state index contributed by atoms with van der Waals surface area (Å²) in [5, 5.41) is 35.0. The number of methoxy groups -OCH3 is 1. The molecule has 34 heavy (non-hydrogen) atoms. The normalized spacial score (nSPS) is 22.1. The molecular weight excluding hydrogens is 438 g/mol. The van der Waals surface area contributed by atoms with Crippen molar-refractivity contribution in [1.82, 2.24) is 5.32 Å². The maximum atomic E-state index is 11.6. The summed E-state index contributed by atoms with van der Waals surface area (Å²) in [5.74, 6) is 0.379. The van der Waals surface area contributed by atoms with Gasteiger partial charge in [0, 0.05) is 29.6 Å². The van der Waals surface area contributed by atoms with Crippen LogP contribution in [0, 0.1) is 0 Å². The van der Waals surface area contributed by atoms with Crippen molar-refractivity contribution in [3.05, 3.63) is 53.6 Å². The molecule has 2 aliphatic rings. The lowest BCUT2D eigenvalue weighted by Crippen LogP contribution is -2.43. The number of amides is 1. The van der Waals surface area contributed by atoms with E-state index in [4.69, 9.17) is 9.47 Å². The number of ether oxygens (including phenoxy) is 2. The lowest BCUT2D eigenvalue weighted by Gasteiger charge is -2.32. The minimum Gasteiger partial charge on any atom is -0.497 e. The zero-order chi connectivity index (χ0) is 24.3. The second-order valence-corrected chi connectivity index (χ2v) is 8.97. The van der Waals surface area contributed by atoms with Crippen LogP contribution in [0.5, 0.6) is 11.5 Å². The van der Waals surface area contributed by atoms with E-state index in [1.165, 1.54) is 6.34 Å². The van der Waals surface area contributed by atoms with Gasteiger partial charge >= 0.3 is 0 Å². The van der Waals surface area contributed by atoms with Crippen LogP contribution in [-0.2, 0) is 10.5 Å². The first kappa shape index (κ1) is 23.8. The minimum atomic E-state index is -1.61. The number of carbonyl (C=O) groups is 1. The number of aliphatic imine (C=N–C) groups is 1. The first-order valence-corrected chi connectivity index (χ1v) is 11.0. The number of anilines is 1. The molecular formula is C24H29N5O5. The average Bonchev–Trinajstić information content (AvgIpc) is 3.32. The van der Waals surface area contributed by atoms with Crippen molar-refractivity contribution in [2.45, 2.75) is 50.3 Å². The number of β-amino-alcohol motifs (C(OH)–C–C–N with tert-alkyl or cyclic N) is 1. The Kier molecular flexibility index (Phi) is 6.65.